The van der Waals surface area contributed by atoms with Gasteiger partial charge in [-0.2, -0.15) is 13.2 Å². The molecule has 0 radical (unpaired) electrons. The molecule has 0 aliphatic heterocycles. The zero-order valence-electron chi connectivity index (χ0n) is 13.0. The minimum Gasteiger partial charge on any atom is -0.363 e. The van der Waals surface area contributed by atoms with Gasteiger partial charge in [-0.1, -0.05) is 27.7 Å². The molecule has 0 amide bonds. The van der Waals surface area contributed by atoms with E-state index in [9.17, 15) is 22.4 Å². The number of hydrogen-bond acceptors (Lipinski definition) is 8. The molecule has 27 heavy (non-hydrogen) atoms. The second-order valence-electron chi connectivity index (χ2n) is 5.13. The molecule has 2 aromatic heterocycles. The molecule has 0 saturated carbocycles. The number of benzene rings is 1. The number of anilines is 1. The van der Waals surface area contributed by atoms with Crippen molar-refractivity contribution >= 4 is 28.4 Å². The molecule has 0 saturated heterocycles. The van der Waals surface area contributed by atoms with E-state index in [4.69, 9.17) is 5.73 Å². The molecule has 3 N–H and O–H groups in total. The van der Waals surface area contributed by atoms with Crippen LogP contribution in [0.1, 0.15) is 5.56 Å². The average molecular weight is 500 g/mol. The Bertz CT molecular complexity index is 1010. The van der Waals surface area contributed by atoms with E-state index in [0.717, 1.165) is 6.07 Å². The van der Waals surface area contributed by atoms with Crippen molar-refractivity contribution in [3.05, 3.63) is 40.1 Å². The van der Waals surface area contributed by atoms with Crippen molar-refractivity contribution < 1.29 is 26.7 Å². The van der Waals surface area contributed by atoms with E-state index in [1.807, 2.05) is 22.6 Å². The number of hydrogen-bond donors (Lipinski definition) is 2. The number of nitrogens with two attached hydrogens (primary N) is 1. The molecule has 144 valence electrons. The second-order valence-corrected chi connectivity index (χ2v) is 6.73. The van der Waals surface area contributed by atoms with Crippen LogP contribution in [0.25, 0.3) is 17.2 Å². The molecule has 3 rings (SSSR count). The summed E-state index contributed by atoms with van der Waals surface area (Å²) in [5.41, 5.74) is 3.63. The van der Waals surface area contributed by atoms with Gasteiger partial charge in [0.05, 0.1) is 15.3 Å². The third-order valence-electron chi connectivity index (χ3n) is 3.28. The van der Waals surface area contributed by atoms with Crippen LogP contribution in [0, 0.1) is 5.82 Å². The lowest BCUT2D eigenvalue weighted by Gasteiger charge is -2.10. The normalized spacial score (nSPS) is 13.0. The maximum Gasteiger partial charge on any atom is 0.446 e. The highest BCUT2D eigenvalue weighted by Crippen LogP contribution is 2.33. The summed E-state index contributed by atoms with van der Waals surface area (Å²) in [6, 6.07) is 2.00. The summed E-state index contributed by atoms with van der Waals surface area (Å²) in [4.78, 5) is 12.0. The Morgan fingerprint density at radius 2 is 2.04 bits per heavy atom. The van der Waals surface area contributed by atoms with Crippen LogP contribution in [0.15, 0.2) is 32.1 Å². The highest BCUT2D eigenvalue weighted by Gasteiger charge is 2.35. The fourth-order valence-corrected chi connectivity index (χ4v) is 2.36. The summed E-state index contributed by atoms with van der Waals surface area (Å²) < 4.78 is 61.9. The van der Waals surface area contributed by atoms with Crippen molar-refractivity contribution in [3.8, 4) is 17.2 Å². The number of rotatable bonds is 5. The van der Waals surface area contributed by atoms with Crippen molar-refractivity contribution in [2.75, 3.05) is 11.9 Å². The number of nitrogens with one attached hydrogen (secondary N) is 1. The Morgan fingerprint density at radius 1 is 1.30 bits per heavy atom. The van der Waals surface area contributed by atoms with Crippen LogP contribution in [-0.4, -0.2) is 30.6 Å². The fourth-order valence-electron chi connectivity index (χ4n) is 2.14. The molecular formula is C13H9F4IN6O3. The Labute approximate surface area is 160 Å². The first kappa shape index (κ1) is 19.3. The van der Waals surface area contributed by atoms with E-state index in [-0.39, 0.29) is 33.6 Å². The van der Waals surface area contributed by atoms with Gasteiger partial charge in [-0.05, 0) is 28.5 Å². The lowest BCUT2D eigenvalue weighted by molar-refractivity contribution is -0.140. The Balaban J connectivity index is 2.10. The number of aromatic nitrogens is 4. The van der Waals surface area contributed by atoms with Gasteiger partial charge in [-0.3, -0.25) is 4.52 Å². The summed E-state index contributed by atoms with van der Waals surface area (Å²) in [5.74, 6) is -2.84. The zero-order chi connectivity index (χ0) is 19.8. The van der Waals surface area contributed by atoms with E-state index in [0.29, 0.717) is 16.7 Å². The molecule has 1 unspecified atom stereocenters. The van der Waals surface area contributed by atoms with Crippen molar-refractivity contribution in [3.63, 3.8) is 0 Å². The minimum atomic E-state index is -4.96. The largest absolute Gasteiger partial charge is 0.446 e. The third kappa shape index (κ3) is 3.95. The maximum atomic E-state index is 13.5. The minimum absolute atomic E-state index is 0.0438. The smallest absolute Gasteiger partial charge is 0.363 e. The topological polar surface area (TPSA) is 125 Å². The number of halogens is 5. The standard InChI is InChI=1S/C13H9F4IN6O3/c14-7-2-1-5(3-6(7)13(15,16)17)24-11(23-26-12(24)25)9-10(22-27-21-9)20-4-8(18)19/h1-3,8H,4,19H2,(H,20,22). The molecule has 1 atom stereocenters. The van der Waals surface area contributed by atoms with Crippen LogP contribution >= 0.6 is 22.6 Å². The van der Waals surface area contributed by atoms with Crippen molar-refractivity contribution in [2.45, 2.75) is 10.2 Å². The predicted molar refractivity (Wildman–Crippen MR) is 90.8 cm³/mol. The van der Waals surface area contributed by atoms with Gasteiger partial charge in [0.1, 0.15) is 5.82 Å². The zero-order valence-corrected chi connectivity index (χ0v) is 15.2. The molecule has 2 heterocycles. The maximum absolute atomic E-state index is 13.5. The van der Waals surface area contributed by atoms with Gasteiger partial charge >= 0.3 is 11.9 Å². The lowest BCUT2D eigenvalue weighted by atomic mass is 10.1. The van der Waals surface area contributed by atoms with Crippen LogP contribution in [0.4, 0.5) is 23.4 Å². The van der Waals surface area contributed by atoms with Gasteiger partial charge < -0.3 is 11.1 Å². The summed E-state index contributed by atoms with van der Waals surface area (Å²) >= 11 is 1.93. The van der Waals surface area contributed by atoms with Crippen LogP contribution in [0.5, 0.6) is 0 Å². The number of alkyl halides is 4. The van der Waals surface area contributed by atoms with Crippen molar-refractivity contribution in [2.24, 2.45) is 5.73 Å². The molecule has 1 aromatic carbocycles. The first-order valence-corrected chi connectivity index (χ1v) is 8.35. The van der Waals surface area contributed by atoms with E-state index < -0.39 is 23.3 Å². The molecule has 9 nitrogen and oxygen atoms in total. The van der Waals surface area contributed by atoms with E-state index >= 15 is 0 Å². The van der Waals surface area contributed by atoms with Gasteiger partial charge in [0.2, 0.25) is 11.6 Å². The van der Waals surface area contributed by atoms with Crippen molar-refractivity contribution in [1.82, 2.24) is 20.0 Å². The van der Waals surface area contributed by atoms with E-state index in [2.05, 4.69) is 29.9 Å². The quantitative estimate of drug-likeness (QED) is 0.237. The van der Waals surface area contributed by atoms with Gasteiger partial charge in [-0.25, -0.2) is 18.4 Å². The second kappa shape index (κ2) is 7.26. The first-order valence-electron chi connectivity index (χ1n) is 7.10. The highest BCUT2D eigenvalue weighted by molar-refractivity contribution is 14.1. The van der Waals surface area contributed by atoms with E-state index in [1.165, 1.54) is 0 Å². The number of nitrogens with zero attached hydrogens (tertiary/aromatic N) is 4. The highest BCUT2D eigenvalue weighted by atomic mass is 127. The molecule has 14 heteroatoms. The monoisotopic (exact) mass is 500 g/mol. The van der Waals surface area contributed by atoms with Crippen molar-refractivity contribution in [1.29, 1.82) is 0 Å². The van der Waals surface area contributed by atoms with Crippen LogP contribution in [-0.2, 0) is 6.18 Å². The average Bonchev–Trinajstić information content (AvgIpc) is 3.18. The van der Waals surface area contributed by atoms with Crippen LogP contribution in [0.2, 0.25) is 0 Å². The fraction of sp³-hybridized carbons (Fsp3) is 0.231. The van der Waals surface area contributed by atoms with E-state index in [1.54, 1.807) is 0 Å². The Kier molecular flexibility index (Phi) is 5.18. The molecule has 0 spiro atoms. The lowest BCUT2D eigenvalue weighted by Crippen LogP contribution is -2.22. The summed E-state index contributed by atoms with van der Waals surface area (Å²) in [5, 5.41) is 13.5. The van der Waals surface area contributed by atoms with Gasteiger partial charge in [-0.15, -0.1) is 0 Å². The molecule has 3 aromatic rings. The molecule has 0 bridgehead atoms. The molecule has 0 aliphatic rings. The first-order chi connectivity index (χ1) is 12.7. The Hall–Kier alpha value is -2.49. The SMILES string of the molecule is NC(I)CNc1nonc1-c1noc(=O)n1-c1ccc(F)c(C(F)(F)F)c1. The predicted octanol–water partition coefficient (Wildman–Crippen LogP) is 2.17. The summed E-state index contributed by atoms with van der Waals surface area (Å²) in [6.45, 7) is 0.249. The van der Waals surface area contributed by atoms with Gasteiger partial charge in [0.15, 0.2) is 5.69 Å². The van der Waals surface area contributed by atoms with Crippen LogP contribution in [0.3, 0.4) is 0 Å². The molecular weight excluding hydrogens is 491 g/mol. The summed E-state index contributed by atoms with van der Waals surface area (Å²) in [6.07, 6.45) is -4.96. The molecule has 0 fully saturated rings. The van der Waals surface area contributed by atoms with Gasteiger partial charge in [0, 0.05) is 6.54 Å². The Morgan fingerprint density at radius 3 is 2.70 bits per heavy atom. The van der Waals surface area contributed by atoms with Gasteiger partial charge in [0.25, 0.3) is 0 Å². The molecule has 0 aliphatic carbocycles. The third-order valence-corrected chi connectivity index (χ3v) is 3.72. The van der Waals surface area contributed by atoms with Crippen LogP contribution < -0.4 is 16.8 Å². The summed E-state index contributed by atoms with van der Waals surface area (Å²) in [7, 11) is 0.